The second-order valence-electron chi connectivity index (χ2n) is 9.81. The molecule has 9 heteroatoms. The molecule has 2 amide bonds. The van der Waals surface area contributed by atoms with E-state index >= 15 is 0 Å². The van der Waals surface area contributed by atoms with Gasteiger partial charge in [0.15, 0.2) is 0 Å². The maximum Gasteiger partial charge on any atom is 0.373 e. The van der Waals surface area contributed by atoms with Crippen LogP contribution in [0.3, 0.4) is 0 Å². The number of hydrogen-bond acceptors (Lipinski definition) is 7. The summed E-state index contributed by atoms with van der Waals surface area (Å²) in [7, 11) is 0. The maximum absolute atomic E-state index is 13.7. The average molecular weight is 519 g/mol. The van der Waals surface area contributed by atoms with E-state index in [1.165, 1.54) is 21.8 Å². The number of thioether (sulfide) groups is 1. The maximum atomic E-state index is 13.7. The summed E-state index contributed by atoms with van der Waals surface area (Å²) in [5.41, 5.74) is 2.92. The molecule has 7 atom stereocenters. The van der Waals surface area contributed by atoms with E-state index in [0.717, 1.165) is 21.9 Å². The van der Waals surface area contributed by atoms with E-state index < -0.39 is 0 Å². The Morgan fingerprint density at radius 3 is 2.33 bits per heavy atom. The van der Waals surface area contributed by atoms with Crippen LogP contribution in [0.2, 0.25) is 0 Å². The Kier molecular flexibility index (Phi) is 5.59. The molecule has 3 aromatic rings. The minimum Gasteiger partial charge on any atom is -0.307 e. The van der Waals surface area contributed by atoms with Crippen molar-refractivity contribution in [1.29, 1.82) is 0 Å². The van der Waals surface area contributed by atoms with E-state index in [1.807, 2.05) is 49.4 Å². The largest absolute Gasteiger partial charge is 0.373 e. The molecule has 7 rings (SSSR count). The number of carbonyl (C=O) groups excluding carboxylic acids is 4. The summed E-state index contributed by atoms with van der Waals surface area (Å²) in [6.45, 7) is 1.98. The van der Waals surface area contributed by atoms with Gasteiger partial charge in [0, 0.05) is 16.0 Å². The van der Waals surface area contributed by atoms with Crippen molar-refractivity contribution >= 4 is 46.8 Å². The Labute approximate surface area is 214 Å². The predicted molar refractivity (Wildman–Crippen MR) is 134 cm³/mol. The molecule has 4 aliphatic rings. The van der Waals surface area contributed by atoms with Crippen molar-refractivity contribution < 1.29 is 19.2 Å². The highest BCUT2D eigenvalue weighted by atomic mass is 32.2. The Morgan fingerprint density at radius 1 is 0.944 bits per heavy atom. The number of aryl methyl sites for hydroxylation is 1. The summed E-state index contributed by atoms with van der Waals surface area (Å²) in [5, 5.41) is 1.19. The molecule has 36 heavy (non-hydrogen) atoms. The van der Waals surface area contributed by atoms with E-state index in [2.05, 4.69) is 17.1 Å². The van der Waals surface area contributed by atoms with E-state index in [4.69, 9.17) is 9.59 Å². The van der Waals surface area contributed by atoms with Gasteiger partial charge in [0.1, 0.15) is 0 Å². The van der Waals surface area contributed by atoms with Gasteiger partial charge in [-0.25, -0.2) is 0 Å². The lowest BCUT2D eigenvalue weighted by Gasteiger charge is -2.43. The summed E-state index contributed by atoms with van der Waals surface area (Å²) in [6.07, 6.45) is 1.17. The van der Waals surface area contributed by atoms with Crippen molar-refractivity contribution in [1.82, 2.24) is 4.98 Å². The second-order valence-corrected chi connectivity index (χ2v) is 12.0. The first-order chi connectivity index (χ1) is 17.4. The Balaban J connectivity index is 0.000000765. The standard InChI is InChI=1S/C26H22N2O3S2.CO2/c1-12-6-5-9-14(10-12)28-24(29)19-15-11-16(20(19)25(28)30)21-18(15)17(13-7-3-2-4-8-13)22-23(32-21)27-26(31)33-22;2-1-3/h2-10,15-21H,11H2,1H3,(H,27,31);/t15-,16-,17-,18-,19+,20-,21-;/m0./s1. The van der Waals surface area contributed by atoms with Crippen LogP contribution in [-0.2, 0) is 19.2 Å². The summed E-state index contributed by atoms with van der Waals surface area (Å²) >= 11 is 3.04. The van der Waals surface area contributed by atoms with Crippen LogP contribution in [0, 0.1) is 36.5 Å². The molecular weight excluding hydrogens is 496 g/mol. The van der Waals surface area contributed by atoms with Gasteiger partial charge in [-0.15, -0.1) is 11.8 Å². The van der Waals surface area contributed by atoms with Gasteiger partial charge in [-0.3, -0.25) is 19.3 Å². The number of hydrogen-bond donors (Lipinski definition) is 1. The van der Waals surface area contributed by atoms with Crippen molar-refractivity contribution in [2.45, 2.75) is 29.5 Å². The van der Waals surface area contributed by atoms with Crippen LogP contribution in [0.1, 0.15) is 28.3 Å². The van der Waals surface area contributed by atoms with Gasteiger partial charge < -0.3 is 4.98 Å². The van der Waals surface area contributed by atoms with Crippen LogP contribution < -0.4 is 9.77 Å². The SMILES string of the molecule is Cc1cccc(N2C(=O)[C@@H]3[C@H]4C[C@H]([C@@H]5Sc6[nH]c(=O)sc6[C@@H](c6ccccc6)[C@H]45)[C@@H]3C2=O)c1.O=C=O. The molecular formula is C27H22N2O5S2. The fourth-order valence-electron chi connectivity index (χ4n) is 7.07. The first-order valence-electron chi connectivity index (χ1n) is 11.8. The van der Waals surface area contributed by atoms with Gasteiger partial charge in [-0.2, -0.15) is 9.59 Å². The number of benzene rings is 2. The summed E-state index contributed by atoms with van der Waals surface area (Å²) in [6, 6.07) is 18.0. The molecule has 2 saturated carbocycles. The van der Waals surface area contributed by atoms with Crippen LogP contribution in [0.25, 0.3) is 0 Å². The van der Waals surface area contributed by atoms with E-state index in [1.54, 1.807) is 11.8 Å². The number of aromatic nitrogens is 1. The molecule has 0 unspecified atom stereocenters. The lowest BCUT2D eigenvalue weighted by molar-refractivity contribution is -0.191. The van der Waals surface area contributed by atoms with Gasteiger partial charge in [-0.05, 0) is 54.4 Å². The van der Waals surface area contributed by atoms with Crippen LogP contribution in [0.4, 0.5) is 5.69 Å². The number of nitrogens with one attached hydrogen (secondary N) is 1. The third-order valence-electron chi connectivity index (χ3n) is 8.14. The smallest absolute Gasteiger partial charge is 0.307 e. The normalized spacial score (nSPS) is 31.2. The monoisotopic (exact) mass is 518 g/mol. The molecule has 0 radical (unpaired) electrons. The van der Waals surface area contributed by atoms with E-state index in [0.29, 0.717) is 5.69 Å². The van der Waals surface area contributed by atoms with Gasteiger partial charge >= 0.3 is 11.0 Å². The molecule has 3 fully saturated rings. The summed E-state index contributed by atoms with van der Waals surface area (Å²) < 4.78 is 0. The zero-order valence-corrected chi connectivity index (χ0v) is 20.9. The summed E-state index contributed by atoms with van der Waals surface area (Å²) in [5.74, 6) is 0.0613. The highest BCUT2D eigenvalue weighted by Crippen LogP contribution is 2.68. The fourth-order valence-corrected chi connectivity index (χ4v) is 9.96. The average Bonchev–Trinajstić information content (AvgIpc) is 3.59. The molecule has 1 saturated heterocycles. The van der Waals surface area contributed by atoms with Crippen LogP contribution >= 0.6 is 23.1 Å². The minimum atomic E-state index is -0.256. The predicted octanol–water partition coefficient (Wildman–Crippen LogP) is 3.84. The molecule has 182 valence electrons. The minimum absolute atomic E-state index is 0.0290. The van der Waals surface area contributed by atoms with Gasteiger partial charge in [0.2, 0.25) is 11.8 Å². The molecule has 2 aliphatic heterocycles. The lowest BCUT2D eigenvalue weighted by atomic mass is 9.68. The molecule has 2 aromatic carbocycles. The van der Waals surface area contributed by atoms with Gasteiger partial charge in [0.25, 0.3) is 0 Å². The number of imide groups is 1. The number of rotatable bonds is 2. The van der Waals surface area contributed by atoms with Crippen LogP contribution in [0.5, 0.6) is 0 Å². The molecule has 0 spiro atoms. The van der Waals surface area contributed by atoms with Crippen LogP contribution in [-0.4, -0.2) is 28.2 Å². The highest BCUT2D eigenvalue weighted by Gasteiger charge is 2.69. The molecule has 1 N–H and O–H groups in total. The van der Waals surface area contributed by atoms with Gasteiger partial charge in [0.05, 0.1) is 22.5 Å². The zero-order valence-electron chi connectivity index (χ0n) is 19.2. The number of amides is 2. The van der Waals surface area contributed by atoms with Crippen molar-refractivity contribution in [3.63, 3.8) is 0 Å². The van der Waals surface area contributed by atoms with Crippen molar-refractivity contribution in [2.75, 3.05) is 4.90 Å². The van der Waals surface area contributed by atoms with Crippen molar-refractivity contribution in [3.05, 3.63) is 80.3 Å². The third kappa shape index (κ3) is 3.30. The highest BCUT2D eigenvalue weighted by molar-refractivity contribution is 8.00. The Bertz CT molecular complexity index is 1460. The molecule has 2 bridgehead atoms. The number of H-pyrrole nitrogens is 1. The van der Waals surface area contributed by atoms with E-state index in [-0.39, 0.29) is 63.6 Å². The number of fused-ring (bicyclic) bond motifs is 9. The molecule has 3 heterocycles. The number of nitrogens with zero attached hydrogens (tertiary/aromatic N) is 1. The lowest BCUT2D eigenvalue weighted by Crippen LogP contribution is -2.42. The van der Waals surface area contributed by atoms with E-state index in [9.17, 15) is 14.4 Å². The third-order valence-corrected chi connectivity index (χ3v) is 10.7. The van der Waals surface area contributed by atoms with Crippen LogP contribution in [0.15, 0.2) is 64.4 Å². The number of carbonyl (C=O) groups is 2. The quantitative estimate of drug-likeness (QED) is 0.517. The fraction of sp³-hybridized carbons (Fsp3) is 0.333. The number of anilines is 1. The Hall–Kier alpha value is -3.26. The van der Waals surface area contributed by atoms with Gasteiger partial charge in [-0.1, -0.05) is 53.8 Å². The first-order valence-corrected chi connectivity index (χ1v) is 13.5. The zero-order chi connectivity index (χ0) is 25.1. The number of thiazole rings is 1. The summed E-state index contributed by atoms with van der Waals surface area (Å²) in [4.78, 5) is 61.4. The Morgan fingerprint density at radius 2 is 1.64 bits per heavy atom. The van der Waals surface area contributed by atoms with Crippen molar-refractivity contribution in [3.8, 4) is 0 Å². The topological polar surface area (TPSA) is 104 Å². The first kappa shape index (κ1) is 23.2. The molecule has 7 nitrogen and oxygen atoms in total. The second kappa shape index (κ2) is 8.69. The van der Waals surface area contributed by atoms with Crippen molar-refractivity contribution in [2.24, 2.45) is 29.6 Å². The molecule has 2 aliphatic carbocycles. The molecule has 1 aromatic heterocycles. The number of aromatic amines is 1.